The Morgan fingerprint density at radius 3 is 2.80 bits per heavy atom. The van der Waals surface area contributed by atoms with Crippen molar-refractivity contribution in [2.24, 2.45) is 0 Å². The standard InChI is InChI=1S/C31H35N7O3/c1-2-29(39)35-24-4-3-11-37(19-24)18-22-9-10-32-25(16-22)20-41-26-7-5-23(6-8-26)28-17-27-30(36-28)33-21-34-31(27)38-12-14-40-15-13-38/h2,5-10,16-17,21,24H,1,3-4,11-15,18-20H2,(H,35,39)(H,33,34,36)/t24-/m1/s1. The Morgan fingerprint density at radius 2 is 1.98 bits per heavy atom. The number of nitrogens with one attached hydrogen (secondary N) is 2. The van der Waals surface area contributed by atoms with Gasteiger partial charge in [-0.1, -0.05) is 6.58 Å². The molecule has 212 valence electrons. The number of aromatic nitrogens is 4. The molecule has 2 N–H and O–H groups in total. The summed E-state index contributed by atoms with van der Waals surface area (Å²) in [7, 11) is 0. The Hall–Kier alpha value is -4.28. The lowest BCUT2D eigenvalue weighted by molar-refractivity contribution is -0.117. The number of piperidine rings is 1. The van der Waals surface area contributed by atoms with Gasteiger partial charge in [-0.25, -0.2) is 9.97 Å². The SMILES string of the molecule is C=CC(=O)N[C@@H]1CCCN(Cc2ccnc(COc3ccc(-c4cc5c(N6CCOCC6)ncnc5[nH]4)cc3)c2)C1. The fourth-order valence-electron chi connectivity index (χ4n) is 5.54. The van der Waals surface area contributed by atoms with Gasteiger partial charge in [0.15, 0.2) is 0 Å². The van der Waals surface area contributed by atoms with Crippen LogP contribution in [0.4, 0.5) is 5.82 Å². The van der Waals surface area contributed by atoms with E-state index in [2.05, 4.69) is 53.8 Å². The summed E-state index contributed by atoms with van der Waals surface area (Å²) in [6.45, 7) is 9.66. The number of morpholine rings is 1. The molecule has 2 aliphatic heterocycles. The maximum atomic E-state index is 11.7. The van der Waals surface area contributed by atoms with Crippen LogP contribution in [0.1, 0.15) is 24.1 Å². The largest absolute Gasteiger partial charge is 0.487 e. The number of likely N-dealkylation sites (tertiary alicyclic amines) is 1. The number of ether oxygens (including phenoxy) is 2. The van der Waals surface area contributed by atoms with Crippen molar-refractivity contribution in [3.8, 4) is 17.0 Å². The summed E-state index contributed by atoms with van der Waals surface area (Å²) in [6, 6.07) is 14.5. The van der Waals surface area contributed by atoms with Crippen molar-refractivity contribution in [2.75, 3.05) is 44.3 Å². The van der Waals surface area contributed by atoms with Gasteiger partial charge in [0.2, 0.25) is 5.91 Å². The van der Waals surface area contributed by atoms with Gasteiger partial charge in [0.1, 0.15) is 30.1 Å². The zero-order valence-electron chi connectivity index (χ0n) is 23.1. The van der Waals surface area contributed by atoms with Gasteiger partial charge < -0.3 is 24.7 Å². The third kappa shape index (κ3) is 6.55. The van der Waals surface area contributed by atoms with Crippen LogP contribution >= 0.6 is 0 Å². The number of pyridine rings is 1. The van der Waals surface area contributed by atoms with E-state index < -0.39 is 0 Å². The number of hydrogen-bond acceptors (Lipinski definition) is 8. The average Bonchev–Trinajstić information content (AvgIpc) is 3.46. The van der Waals surface area contributed by atoms with Crippen LogP contribution < -0.4 is 15.0 Å². The number of aromatic amines is 1. The lowest BCUT2D eigenvalue weighted by Crippen LogP contribution is -2.46. The summed E-state index contributed by atoms with van der Waals surface area (Å²) in [6.07, 6.45) is 6.83. The molecule has 2 aliphatic rings. The molecule has 10 nitrogen and oxygen atoms in total. The molecule has 4 aromatic rings. The minimum Gasteiger partial charge on any atom is -0.487 e. The third-order valence-electron chi connectivity index (χ3n) is 7.59. The maximum Gasteiger partial charge on any atom is 0.243 e. The monoisotopic (exact) mass is 553 g/mol. The molecule has 0 spiro atoms. The molecule has 0 radical (unpaired) electrons. The second-order valence-corrected chi connectivity index (χ2v) is 10.5. The highest BCUT2D eigenvalue weighted by atomic mass is 16.5. The summed E-state index contributed by atoms with van der Waals surface area (Å²) in [5, 5.41) is 4.04. The van der Waals surface area contributed by atoms with Gasteiger partial charge in [-0.3, -0.25) is 14.7 Å². The summed E-state index contributed by atoms with van der Waals surface area (Å²) in [5.74, 6) is 1.61. The Balaban J connectivity index is 1.07. The van der Waals surface area contributed by atoms with E-state index in [9.17, 15) is 4.79 Å². The molecular formula is C31H35N7O3. The van der Waals surface area contributed by atoms with E-state index in [0.29, 0.717) is 19.8 Å². The number of fused-ring (bicyclic) bond motifs is 1. The lowest BCUT2D eigenvalue weighted by atomic mass is 10.0. The normalized spacial score (nSPS) is 17.9. The van der Waals surface area contributed by atoms with Crippen molar-refractivity contribution in [1.29, 1.82) is 0 Å². The molecule has 1 aromatic carbocycles. The smallest absolute Gasteiger partial charge is 0.243 e. The van der Waals surface area contributed by atoms with Crippen LogP contribution in [-0.4, -0.2) is 76.2 Å². The minimum atomic E-state index is -0.109. The first-order valence-electron chi connectivity index (χ1n) is 14.1. The van der Waals surface area contributed by atoms with Crippen LogP contribution in [0, 0.1) is 0 Å². The van der Waals surface area contributed by atoms with E-state index in [0.717, 1.165) is 85.1 Å². The lowest BCUT2D eigenvalue weighted by Gasteiger charge is -2.33. The number of hydrogen-bond donors (Lipinski definition) is 2. The molecule has 3 aromatic heterocycles. The quantitative estimate of drug-likeness (QED) is 0.302. The molecule has 6 rings (SSSR count). The Labute approximate surface area is 239 Å². The van der Waals surface area contributed by atoms with Crippen LogP contribution in [0.2, 0.25) is 0 Å². The van der Waals surface area contributed by atoms with E-state index in [1.807, 2.05) is 36.5 Å². The summed E-state index contributed by atoms with van der Waals surface area (Å²) >= 11 is 0. The molecule has 1 atom stereocenters. The first-order chi connectivity index (χ1) is 20.1. The van der Waals surface area contributed by atoms with Crippen LogP contribution in [0.5, 0.6) is 5.75 Å². The average molecular weight is 554 g/mol. The number of anilines is 1. The van der Waals surface area contributed by atoms with Gasteiger partial charge in [0.25, 0.3) is 0 Å². The summed E-state index contributed by atoms with van der Waals surface area (Å²) in [5.41, 5.74) is 4.92. The molecule has 0 bridgehead atoms. The van der Waals surface area contributed by atoms with Gasteiger partial charge in [-0.2, -0.15) is 0 Å². The van der Waals surface area contributed by atoms with Crippen molar-refractivity contribution in [2.45, 2.75) is 32.0 Å². The predicted octanol–water partition coefficient (Wildman–Crippen LogP) is 3.70. The Bertz CT molecular complexity index is 1500. The highest BCUT2D eigenvalue weighted by molar-refractivity contribution is 5.92. The zero-order chi connectivity index (χ0) is 28.0. The van der Waals surface area contributed by atoms with Gasteiger partial charge in [0, 0.05) is 44.1 Å². The first-order valence-corrected chi connectivity index (χ1v) is 14.1. The van der Waals surface area contributed by atoms with Gasteiger partial charge in [-0.05, 0) is 79.1 Å². The van der Waals surface area contributed by atoms with Crippen molar-refractivity contribution < 1.29 is 14.3 Å². The molecule has 2 saturated heterocycles. The first kappa shape index (κ1) is 26.9. The highest BCUT2D eigenvalue weighted by Gasteiger charge is 2.21. The zero-order valence-corrected chi connectivity index (χ0v) is 23.1. The molecule has 0 saturated carbocycles. The van der Waals surface area contributed by atoms with Gasteiger partial charge in [0.05, 0.1) is 24.3 Å². The van der Waals surface area contributed by atoms with Gasteiger partial charge in [-0.15, -0.1) is 0 Å². The minimum absolute atomic E-state index is 0.109. The summed E-state index contributed by atoms with van der Waals surface area (Å²) in [4.78, 5) is 33.3. The van der Waals surface area contributed by atoms with Crippen molar-refractivity contribution in [1.82, 2.24) is 30.2 Å². The molecular weight excluding hydrogens is 518 g/mol. The number of H-pyrrole nitrogens is 1. The molecule has 1 amide bonds. The number of carbonyl (C=O) groups is 1. The van der Waals surface area contributed by atoms with E-state index in [-0.39, 0.29) is 11.9 Å². The molecule has 0 unspecified atom stereocenters. The van der Waals surface area contributed by atoms with Gasteiger partial charge >= 0.3 is 0 Å². The molecule has 2 fully saturated rings. The van der Waals surface area contributed by atoms with Crippen molar-refractivity contribution >= 4 is 22.8 Å². The maximum absolute atomic E-state index is 11.7. The van der Waals surface area contributed by atoms with Crippen LogP contribution in [0.3, 0.4) is 0 Å². The Kier molecular flexibility index (Phi) is 8.20. The molecule has 41 heavy (non-hydrogen) atoms. The van der Waals surface area contributed by atoms with Crippen LogP contribution in [-0.2, 0) is 22.7 Å². The fourth-order valence-corrected chi connectivity index (χ4v) is 5.54. The third-order valence-corrected chi connectivity index (χ3v) is 7.59. The van der Waals surface area contributed by atoms with E-state index in [1.165, 1.54) is 11.6 Å². The fraction of sp³-hybridized carbons (Fsp3) is 0.355. The van der Waals surface area contributed by atoms with Crippen LogP contribution in [0.25, 0.3) is 22.3 Å². The van der Waals surface area contributed by atoms with E-state index in [4.69, 9.17) is 9.47 Å². The Morgan fingerprint density at radius 1 is 1.12 bits per heavy atom. The number of amides is 1. The van der Waals surface area contributed by atoms with E-state index >= 15 is 0 Å². The number of carbonyl (C=O) groups excluding carboxylic acids is 1. The topological polar surface area (TPSA) is 108 Å². The molecule has 0 aliphatic carbocycles. The van der Waals surface area contributed by atoms with Crippen molar-refractivity contribution in [3.63, 3.8) is 0 Å². The van der Waals surface area contributed by atoms with E-state index in [1.54, 1.807) is 6.33 Å². The second-order valence-electron chi connectivity index (χ2n) is 10.5. The summed E-state index contributed by atoms with van der Waals surface area (Å²) < 4.78 is 11.6. The predicted molar refractivity (Wildman–Crippen MR) is 158 cm³/mol. The molecule has 10 heteroatoms. The number of benzene rings is 1. The second kappa shape index (κ2) is 12.5. The number of nitrogens with zero attached hydrogens (tertiary/aromatic N) is 5. The van der Waals surface area contributed by atoms with Crippen molar-refractivity contribution in [3.05, 3.63) is 78.9 Å². The molecule has 5 heterocycles. The highest BCUT2D eigenvalue weighted by Crippen LogP contribution is 2.30. The number of rotatable bonds is 9. The van der Waals surface area contributed by atoms with Crippen LogP contribution in [0.15, 0.2) is 67.6 Å².